The second kappa shape index (κ2) is 39.7. The van der Waals surface area contributed by atoms with Crippen LogP contribution >= 0.6 is 23.2 Å². The van der Waals surface area contributed by atoms with Crippen molar-refractivity contribution in [2.75, 3.05) is 21.3 Å². The summed E-state index contributed by atoms with van der Waals surface area (Å²) in [4.78, 5) is 146. The smallest absolute Gasteiger partial charge is 0.427 e. The number of nitrogens with two attached hydrogens (primary N) is 6. The van der Waals surface area contributed by atoms with Crippen molar-refractivity contribution in [3.05, 3.63) is 215 Å². The zero-order chi connectivity index (χ0) is 83.3. The molecule has 16 N–H and O–H groups in total. The predicted molar refractivity (Wildman–Crippen MR) is 455 cm³/mol. The summed E-state index contributed by atoms with van der Waals surface area (Å²) >= 11 is 12.9. The lowest BCUT2D eigenvalue weighted by Gasteiger charge is -2.27. The summed E-state index contributed by atoms with van der Waals surface area (Å²) in [6, 6.07) is 46.7. The Morgan fingerprint density at radius 1 is 0.339 bits per heavy atom. The molecule has 0 radical (unpaired) electrons. The zero-order valence-electron chi connectivity index (χ0n) is 64.3. The number of hydrogen-bond acceptors (Lipinski definition) is 22. The largest absolute Gasteiger partial charge is 0.443 e. The number of benzene rings is 4. The number of hydrogen-bond donors (Lipinski definition) is 10. The van der Waals surface area contributed by atoms with Gasteiger partial charge >= 0.3 is 24.4 Å². The van der Waals surface area contributed by atoms with Gasteiger partial charge in [-0.2, -0.15) is 0 Å². The number of carbonyl (C=O) groups excluding carboxylic acids is 8. The molecule has 620 valence electrons. The topological polar surface area (TPSA) is 502 Å². The van der Waals surface area contributed by atoms with E-state index < -0.39 is 70.4 Å². The standard InChI is InChI=1S/C25H28ClN5O5.C25H29N5O5.C15H12ClN5O.C15H13N5O.3CH4.FH/c1-24(2,3)35-22(33)31(23(34)36-25(4,5)6)21-28-13-12-15(29-21)19-17(26)16(20(27)32)18(30-19)14-10-8-7-9-11-14;1-24(2,3)34-22(32)30(23(33)35-25(4,5)6)21-27-13-12-17(29-21)18-14-16(20(26)31)19(28-18)15-10-8-7-9-11-15;16-11-10(14(17)22)12(8-4-2-1-3-5-8)21-13(11)9-6-7-19-15(18)20-9;16-14(21)10-8-12(11-6-7-18-15(17)20-11)19-13(10)9-4-2-1-3-5-9;;;;/h7-13,30H,1-6H3,(H2,27,32);7-14,28H,1-6H3,(H2,26,31);1-7,21H,(H2,17,22)(H2,18,19,20);1-8,19H,(H2,16,21)(H2,17,18,20);3*1H4;1H. The number of aromatic nitrogens is 12. The highest BCUT2D eigenvalue weighted by atomic mass is 35.5. The number of aromatic amines is 4. The Morgan fingerprint density at radius 3 is 0.873 bits per heavy atom. The molecule has 0 bridgehead atoms. The molecular formula is C83H95Cl2FN20O12. The van der Waals surface area contributed by atoms with Crippen molar-refractivity contribution in [3.8, 4) is 90.6 Å². The third-order valence-electron chi connectivity index (χ3n) is 15.2. The van der Waals surface area contributed by atoms with Crippen molar-refractivity contribution < 1.29 is 62.0 Å². The third-order valence-corrected chi connectivity index (χ3v) is 15.9. The molecule has 0 atom stereocenters. The second-order valence-electron chi connectivity index (χ2n) is 28.7. The quantitative estimate of drug-likeness (QED) is 0.0452. The van der Waals surface area contributed by atoms with Gasteiger partial charge in [-0.1, -0.05) is 167 Å². The van der Waals surface area contributed by atoms with Crippen LogP contribution in [0.25, 0.3) is 90.6 Å². The van der Waals surface area contributed by atoms with E-state index in [0.29, 0.717) is 77.9 Å². The summed E-state index contributed by atoms with van der Waals surface area (Å²) < 4.78 is 21.5. The van der Waals surface area contributed by atoms with Gasteiger partial charge in [0.2, 0.25) is 23.8 Å². The minimum Gasteiger partial charge on any atom is -0.443 e. The van der Waals surface area contributed by atoms with Crippen molar-refractivity contribution in [1.82, 2.24) is 59.8 Å². The van der Waals surface area contributed by atoms with Crippen molar-refractivity contribution in [1.29, 1.82) is 0 Å². The number of ether oxygens (including phenoxy) is 4. The molecule has 0 saturated carbocycles. The molecule has 0 unspecified atom stereocenters. The number of nitrogens with zero attached hydrogens (tertiary/aromatic N) is 10. The molecule has 8 aromatic heterocycles. The highest BCUT2D eigenvalue weighted by molar-refractivity contribution is 6.38. The van der Waals surface area contributed by atoms with Crippen LogP contribution in [0, 0.1) is 0 Å². The molecule has 0 aliphatic rings. The summed E-state index contributed by atoms with van der Waals surface area (Å²) in [5.41, 5.74) is 39.4. The summed E-state index contributed by atoms with van der Waals surface area (Å²) in [6.07, 6.45) is 1.78. The van der Waals surface area contributed by atoms with Crippen molar-refractivity contribution in [3.63, 3.8) is 0 Å². The molecule has 12 rings (SSSR count). The Labute approximate surface area is 690 Å². The number of amides is 8. The van der Waals surface area contributed by atoms with Crippen molar-refractivity contribution in [2.24, 2.45) is 22.9 Å². The molecule has 12 aromatic rings. The summed E-state index contributed by atoms with van der Waals surface area (Å²) in [6.45, 7) is 20.0. The van der Waals surface area contributed by atoms with E-state index in [1.807, 2.05) is 97.1 Å². The molecule has 0 aliphatic heterocycles. The van der Waals surface area contributed by atoms with E-state index in [2.05, 4.69) is 59.8 Å². The van der Waals surface area contributed by atoms with Crippen molar-refractivity contribution >= 4 is 95.0 Å². The number of nitrogens with one attached hydrogen (secondary N) is 4. The lowest BCUT2D eigenvalue weighted by Crippen LogP contribution is -2.44. The number of imide groups is 2. The third kappa shape index (κ3) is 24.4. The van der Waals surface area contributed by atoms with Gasteiger partial charge < -0.3 is 73.3 Å². The highest BCUT2D eigenvalue weighted by Crippen LogP contribution is 2.40. The Balaban J connectivity index is 0.000000284. The fraction of sp³-hybridized carbons (Fsp3) is 0.229. The Hall–Kier alpha value is -14.2. The van der Waals surface area contributed by atoms with Gasteiger partial charge in [-0.3, -0.25) is 23.9 Å². The lowest BCUT2D eigenvalue weighted by molar-refractivity contribution is 0.0404. The van der Waals surface area contributed by atoms with Crippen LogP contribution in [0.5, 0.6) is 0 Å². The van der Waals surface area contributed by atoms with Crippen LogP contribution < -0.4 is 44.2 Å². The fourth-order valence-corrected chi connectivity index (χ4v) is 11.3. The number of rotatable bonds is 14. The molecule has 0 aliphatic carbocycles. The van der Waals surface area contributed by atoms with Gasteiger partial charge in [0.25, 0.3) is 23.6 Å². The number of H-pyrrole nitrogens is 4. The normalized spacial score (nSPS) is 10.8. The average Bonchev–Trinajstić information content (AvgIpc) is 1.62. The van der Waals surface area contributed by atoms with E-state index in [0.717, 1.165) is 16.7 Å². The number of carbonyl (C=O) groups is 8. The van der Waals surface area contributed by atoms with Gasteiger partial charge in [0, 0.05) is 24.8 Å². The van der Waals surface area contributed by atoms with E-state index in [1.165, 1.54) is 24.7 Å². The van der Waals surface area contributed by atoms with Crippen LogP contribution in [0.15, 0.2) is 183 Å². The van der Waals surface area contributed by atoms with E-state index in [-0.39, 0.29) is 88.9 Å². The Morgan fingerprint density at radius 2 is 0.593 bits per heavy atom. The maximum Gasteiger partial charge on any atom is 0.427 e. The molecule has 32 nitrogen and oxygen atoms in total. The van der Waals surface area contributed by atoms with E-state index in [1.54, 1.807) is 144 Å². The van der Waals surface area contributed by atoms with Gasteiger partial charge in [-0.25, -0.2) is 59.0 Å². The zero-order valence-corrected chi connectivity index (χ0v) is 65.8. The Bertz CT molecular complexity index is 5470. The SMILES string of the molecule is C.C.C.CC(C)(C)OC(=O)N(C(=O)OC(C)(C)C)c1nccc(-c2[nH]c(-c3ccccc3)c(C(N)=O)c2Cl)n1.CC(C)(C)OC(=O)N(C(=O)OC(C)(C)C)c1nccc(-c2cc(C(N)=O)c(-c3ccccc3)[nH]2)n1.F.NC(=O)c1c(-c2ccccc2)[nH]c(-c2ccnc(N)n2)c1Cl.NC(=O)c1cc(-c2ccnc(N)n2)[nH]c1-c1ccccc1. The molecule has 35 heteroatoms. The molecule has 8 heterocycles. The fourth-order valence-electron chi connectivity index (χ4n) is 10.6. The molecule has 8 amide bonds. The van der Waals surface area contributed by atoms with E-state index in [4.69, 9.17) is 76.6 Å². The molecule has 118 heavy (non-hydrogen) atoms. The van der Waals surface area contributed by atoms with Crippen LogP contribution in [0.3, 0.4) is 0 Å². The summed E-state index contributed by atoms with van der Waals surface area (Å²) in [7, 11) is 0. The maximum atomic E-state index is 13.0. The summed E-state index contributed by atoms with van der Waals surface area (Å²) in [5.74, 6) is -2.74. The molecule has 0 spiro atoms. The first-order valence-corrected chi connectivity index (χ1v) is 35.5. The monoisotopic (exact) mass is 1650 g/mol. The van der Waals surface area contributed by atoms with Crippen LogP contribution in [0.2, 0.25) is 10.0 Å². The first-order chi connectivity index (χ1) is 53.6. The number of nitrogen functional groups attached to an aromatic ring is 2. The first-order valence-electron chi connectivity index (χ1n) is 34.7. The maximum absolute atomic E-state index is 13.0. The first kappa shape index (κ1) is 94.4. The predicted octanol–water partition coefficient (Wildman–Crippen LogP) is 16.8. The minimum atomic E-state index is -1.02. The van der Waals surface area contributed by atoms with Gasteiger partial charge in [0.15, 0.2) is 0 Å². The second-order valence-corrected chi connectivity index (χ2v) is 29.4. The van der Waals surface area contributed by atoms with Gasteiger partial charge in [-0.05, 0) is 142 Å². The average molecular weight is 1650 g/mol. The van der Waals surface area contributed by atoms with Crippen molar-refractivity contribution in [2.45, 2.75) is 128 Å². The van der Waals surface area contributed by atoms with Crippen LogP contribution in [0.1, 0.15) is 147 Å². The molecule has 0 fully saturated rings. The number of primary amides is 4. The highest BCUT2D eigenvalue weighted by Gasteiger charge is 2.38. The molecule has 0 saturated heterocycles. The van der Waals surface area contributed by atoms with Crippen LogP contribution in [-0.4, -0.2) is 130 Å². The summed E-state index contributed by atoms with van der Waals surface area (Å²) in [5, 5.41) is 0.247. The lowest BCUT2D eigenvalue weighted by atomic mass is 10.1. The van der Waals surface area contributed by atoms with Gasteiger partial charge in [0.1, 0.15) is 22.4 Å². The molecular weight excluding hydrogens is 1560 g/mol. The van der Waals surface area contributed by atoms with Gasteiger partial charge in [-0.15, -0.1) is 9.80 Å². The minimum absolute atomic E-state index is 0. The van der Waals surface area contributed by atoms with Gasteiger partial charge in [0.05, 0.1) is 101 Å². The number of halogens is 3. The molecule has 4 aromatic carbocycles. The van der Waals surface area contributed by atoms with Crippen LogP contribution in [0.4, 0.5) is 47.7 Å². The van der Waals surface area contributed by atoms with E-state index >= 15 is 0 Å². The van der Waals surface area contributed by atoms with E-state index in [9.17, 15) is 38.4 Å². The van der Waals surface area contributed by atoms with Crippen LogP contribution in [-0.2, 0) is 18.9 Å². The number of anilines is 4. The Kier molecular flexibility index (Phi) is 31.8.